The van der Waals surface area contributed by atoms with Crippen LogP contribution in [0.4, 0.5) is 23.2 Å². The van der Waals surface area contributed by atoms with Gasteiger partial charge in [-0.15, -0.1) is 5.92 Å². The van der Waals surface area contributed by atoms with Crippen LogP contribution >= 0.6 is 0 Å². The van der Waals surface area contributed by atoms with E-state index < -0.39 is 23.1 Å². The number of rotatable bonds is 0. The number of hydrogen-bond donors (Lipinski definition) is 1. The van der Waals surface area contributed by atoms with Crippen LogP contribution < -0.4 is 5.73 Å². The molecule has 0 unspecified atom stereocenters. The summed E-state index contributed by atoms with van der Waals surface area (Å²) in [7, 11) is 0. The zero-order valence-corrected chi connectivity index (χ0v) is 8.67. The average molecular weight is 231 g/mol. The van der Waals surface area contributed by atoms with Gasteiger partial charge in [0, 0.05) is 11.1 Å². The normalized spacial score (nSPS) is 10.9. The van der Waals surface area contributed by atoms with E-state index in [4.69, 9.17) is 5.73 Å². The van der Waals surface area contributed by atoms with Gasteiger partial charge in [-0.3, -0.25) is 0 Å². The molecule has 0 aromatic heterocycles. The van der Waals surface area contributed by atoms with Gasteiger partial charge in [0.25, 0.3) is 0 Å². The predicted octanol–water partition coefficient (Wildman–Crippen LogP) is 3.11. The molecule has 0 radical (unpaired) electrons. The maximum absolute atomic E-state index is 13.3. The van der Waals surface area contributed by atoms with E-state index in [1.54, 1.807) is 0 Å². The van der Waals surface area contributed by atoms with Crippen molar-refractivity contribution in [2.45, 2.75) is 20.0 Å². The van der Waals surface area contributed by atoms with Crippen LogP contribution in [0.25, 0.3) is 0 Å². The standard InChI is InChI=1S/C11H9F4N/c1-3-4-7-5-8(16)10(12)6(2)9(7)11(13,14)15/h5H,16H2,1-2H3. The molecule has 16 heavy (non-hydrogen) atoms. The van der Waals surface area contributed by atoms with Crippen molar-refractivity contribution in [3.8, 4) is 11.8 Å². The monoisotopic (exact) mass is 231 g/mol. The van der Waals surface area contributed by atoms with Crippen molar-refractivity contribution < 1.29 is 17.6 Å². The predicted molar refractivity (Wildman–Crippen MR) is 53.1 cm³/mol. The average Bonchev–Trinajstić information content (AvgIpc) is 2.12. The summed E-state index contributed by atoms with van der Waals surface area (Å²) in [6, 6.07) is 0.904. The number of halogens is 4. The van der Waals surface area contributed by atoms with Crippen LogP contribution in [0.1, 0.15) is 23.6 Å². The molecule has 1 rings (SSSR count). The van der Waals surface area contributed by atoms with Crippen LogP contribution in [0, 0.1) is 24.6 Å². The number of benzene rings is 1. The second-order valence-electron chi connectivity index (χ2n) is 3.20. The minimum atomic E-state index is -4.64. The Bertz CT molecular complexity index is 477. The Kier molecular flexibility index (Phi) is 3.13. The van der Waals surface area contributed by atoms with Crippen molar-refractivity contribution in [1.29, 1.82) is 0 Å². The first-order valence-corrected chi connectivity index (χ1v) is 4.37. The number of anilines is 1. The second-order valence-corrected chi connectivity index (χ2v) is 3.20. The van der Waals surface area contributed by atoms with Gasteiger partial charge in [-0.25, -0.2) is 4.39 Å². The third-order valence-electron chi connectivity index (χ3n) is 2.07. The van der Waals surface area contributed by atoms with Crippen molar-refractivity contribution in [2.75, 3.05) is 5.73 Å². The second kappa shape index (κ2) is 4.05. The van der Waals surface area contributed by atoms with Gasteiger partial charge < -0.3 is 5.73 Å². The summed E-state index contributed by atoms with van der Waals surface area (Å²) < 4.78 is 51.3. The Hall–Kier alpha value is -1.70. The molecule has 0 aliphatic heterocycles. The lowest BCUT2D eigenvalue weighted by Gasteiger charge is -2.14. The molecule has 0 spiro atoms. The van der Waals surface area contributed by atoms with E-state index in [2.05, 4.69) is 11.8 Å². The van der Waals surface area contributed by atoms with E-state index in [0.717, 1.165) is 13.0 Å². The molecule has 1 aromatic carbocycles. The molecule has 0 heterocycles. The molecule has 0 saturated heterocycles. The quantitative estimate of drug-likeness (QED) is 0.414. The molecule has 0 fully saturated rings. The summed E-state index contributed by atoms with van der Waals surface area (Å²) >= 11 is 0. The van der Waals surface area contributed by atoms with E-state index in [1.807, 2.05) is 0 Å². The molecule has 0 aliphatic rings. The molecule has 0 amide bonds. The Balaban J connectivity index is 3.66. The molecule has 0 aliphatic carbocycles. The Labute approximate surface area is 90.3 Å². The largest absolute Gasteiger partial charge is 0.417 e. The molecule has 0 saturated carbocycles. The van der Waals surface area contributed by atoms with Gasteiger partial charge >= 0.3 is 6.18 Å². The first-order chi connectivity index (χ1) is 7.29. The van der Waals surface area contributed by atoms with Crippen molar-refractivity contribution in [3.05, 3.63) is 28.6 Å². The van der Waals surface area contributed by atoms with Crippen LogP contribution in [0.5, 0.6) is 0 Å². The molecular weight excluding hydrogens is 222 g/mol. The zero-order chi connectivity index (χ0) is 12.5. The lowest BCUT2D eigenvalue weighted by molar-refractivity contribution is -0.138. The molecule has 0 bridgehead atoms. The van der Waals surface area contributed by atoms with Gasteiger partial charge in [-0.1, -0.05) is 5.92 Å². The van der Waals surface area contributed by atoms with Gasteiger partial charge in [0.05, 0.1) is 11.3 Å². The summed E-state index contributed by atoms with van der Waals surface area (Å²) in [5, 5.41) is 0. The van der Waals surface area contributed by atoms with Crippen LogP contribution in [0.3, 0.4) is 0 Å². The summed E-state index contributed by atoms with van der Waals surface area (Å²) in [4.78, 5) is 0. The van der Waals surface area contributed by atoms with Crippen molar-refractivity contribution >= 4 is 5.69 Å². The molecule has 2 N–H and O–H groups in total. The first-order valence-electron chi connectivity index (χ1n) is 4.37. The topological polar surface area (TPSA) is 26.0 Å². The van der Waals surface area contributed by atoms with Crippen LogP contribution in [0.2, 0.25) is 0 Å². The minimum absolute atomic E-state index is 0.300. The summed E-state index contributed by atoms with van der Waals surface area (Å²) in [6.07, 6.45) is -4.64. The van der Waals surface area contributed by atoms with Crippen LogP contribution in [-0.2, 0) is 6.18 Å². The van der Waals surface area contributed by atoms with Crippen molar-refractivity contribution in [1.82, 2.24) is 0 Å². The van der Waals surface area contributed by atoms with Crippen LogP contribution in [0.15, 0.2) is 6.07 Å². The molecule has 1 aromatic rings. The highest BCUT2D eigenvalue weighted by Gasteiger charge is 2.36. The minimum Gasteiger partial charge on any atom is -0.396 e. The van der Waals surface area contributed by atoms with E-state index in [-0.39, 0.29) is 11.3 Å². The van der Waals surface area contributed by atoms with Gasteiger partial charge in [0.15, 0.2) is 0 Å². The Morgan fingerprint density at radius 3 is 2.31 bits per heavy atom. The fraction of sp³-hybridized carbons (Fsp3) is 0.273. The van der Waals surface area contributed by atoms with E-state index >= 15 is 0 Å². The van der Waals surface area contributed by atoms with Gasteiger partial charge in [-0.2, -0.15) is 13.2 Å². The van der Waals surface area contributed by atoms with Crippen molar-refractivity contribution in [3.63, 3.8) is 0 Å². The number of alkyl halides is 3. The smallest absolute Gasteiger partial charge is 0.396 e. The Morgan fingerprint density at radius 1 is 1.31 bits per heavy atom. The third kappa shape index (κ3) is 2.11. The molecule has 0 atom stereocenters. The number of nitrogens with two attached hydrogens (primary N) is 1. The number of nitrogen functional groups attached to an aromatic ring is 1. The van der Waals surface area contributed by atoms with E-state index in [9.17, 15) is 17.6 Å². The first kappa shape index (κ1) is 12.4. The fourth-order valence-corrected chi connectivity index (χ4v) is 1.42. The zero-order valence-electron chi connectivity index (χ0n) is 8.67. The van der Waals surface area contributed by atoms with Crippen LogP contribution in [-0.4, -0.2) is 0 Å². The van der Waals surface area contributed by atoms with E-state index in [0.29, 0.717) is 0 Å². The SMILES string of the molecule is CC#Cc1cc(N)c(F)c(C)c1C(F)(F)F. The molecular formula is C11H9F4N. The number of hydrogen-bond acceptors (Lipinski definition) is 1. The molecule has 5 heteroatoms. The highest BCUT2D eigenvalue weighted by atomic mass is 19.4. The van der Waals surface area contributed by atoms with Crippen molar-refractivity contribution in [2.24, 2.45) is 0 Å². The molecule has 86 valence electrons. The summed E-state index contributed by atoms with van der Waals surface area (Å²) in [5.74, 6) is 3.57. The summed E-state index contributed by atoms with van der Waals surface area (Å²) in [5.41, 5.74) is 3.04. The van der Waals surface area contributed by atoms with E-state index in [1.165, 1.54) is 6.92 Å². The maximum atomic E-state index is 13.3. The highest BCUT2D eigenvalue weighted by molar-refractivity contribution is 5.57. The highest BCUT2D eigenvalue weighted by Crippen LogP contribution is 2.36. The maximum Gasteiger partial charge on any atom is 0.417 e. The van der Waals surface area contributed by atoms with Gasteiger partial charge in [0.1, 0.15) is 5.82 Å². The molecule has 1 nitrogen and oxygen atoms in total. The summed E-state index contributed by atoms with van der Waals surface area (Å²) in [6.45, 7) is 2.43. The Morgan fingerprint density at radius 2 is 1.88 bits per heavy atom. The lowest BCUT2D eigenvalue weighted by Crippen LogP contribution is -2.13. The van der Waals surface area contributed by atoms with Gasteiger partial charge in [0.2, 0.25) is 0 Å². The fourth-order valence-electron chi connectivity index (χ4n) is 1.42. The third-order valence-corrected chi connectivity index (χ3v) is 2.07. The lowest BCUT2D eigenvalue weighted by atomic mass is 10.00. The van der Waals surface area contributed by atoms with Gasteiger partial charge in [-0.05, 0) is 19.9 Å².